The van der Waals surface area contributed by atoms with Gasteiger partial charge in [0.25, 0.3) is 5.91 Å². The molecule has 0 fully saturated rings. The number of hydrogen-bond acceptors (Lipinski definition) is 6. The third kappa shape index (κ3) is 5.61. The van der Waals surface area contributed by atoms with Crippen molar-refractivity contribution >= 4 is 46.4 Å². The van der Waals surface area contributed by atoms with Crippen molar-refractivity contribution in [3.8, 4) is 5.75 Å². The molecule has 0 aromatic heterocycles. The zero-order chi connectivity index (χ0) is 20.0. The molecule has 2 aromatic rings. The number of nitrogen functional groups attached to an aromatic ring is 1. The standard InChI is InChI=1S/C18H18ClN3O5/c1-10(23)21-12-4-6-16(26-2)15(8-12)22-17(24)9-27-18(25)11-3-5-13(19)14(20)7-11/h3-8H,9,20H2,1-2H3,(H,21,23)(H,22,24). The van der Waals surface area contributed by atoms with Crippen molar-refractivity contribution in [2.24, 2.45) is 0 Å². The van der Waals surface area contributed by atoms with E-state index in [1.54, 1.807) is 12.1 Å². The van der Waals surface area contributed by atoms with Crippen molar-refractivity contribution in [2.45, 2.75) is 6.92 Å². The van der Waals surface area contributed by atoms with Crippen LogP contribution in [0.5, 0.6) is 5.75 Å². The molecule has 2 amide bonds. The quantitative estimate of drug-likeness (QED) is 0.514. The van der Waals surface area contributed by atoms with E-state index in [0.29, 0.717) is 22.1 Å². The number of amides is 2. The van der Waals surface area contributed by atoms with Gasteiger partial charge in [-0.15, -0.1) is 0 Å². The fraction of sp³-hybridized carbons (Fsp3) is 0.167. The molecule has 0 aliphatic heterocycles. The summed E-state index contributed by atoms with van der Waals surface area (Å²) in [5, 5.41) is 5.48. The molecule has 27 heavy (non-hydrogen) atoms. The molecule has 4 N–H and O–H groups in total. The first-order valence-corrected chi connectivity index (χ1v) is 8.15. The van der Waals surface area contributed by atoms with E-state index < -0.39 is 18.5 Å². The maximum atomic E-state index is 12.1. The number of methoxy groups -OCH3 is 1. The van der Waals surface area contributed by atoms with Gasteiger partial charge in [0.1, 0.15) is 5.75 Å². The number of ether oxygens (including phenoxy) is 2. The summed E-state index contributed by atoms with van der Waals surface area (Å²) in [5.41, 5.74) is 6.84. The van der Waals surface area contributed by atoms with Gasteiger partial charge in [0.05, 0.1) is 29.1 Å². The number of benzene rings is 2. The second kappa shape index (κ2) is 8.91. The molecule has 0 radical (unpaired) electrons. The van der Waals surface area contributed by atoms with Crippen LogP contribution in [0.4, 0.5) is 17.1 Å². The molecule has 0 heterocycles. The van der Waals surface area contributed by atoms with Gasteiger partial charge in [0.15, 0.2) is 6.61 Å². The minimum atomic E-state index is -0.715. The van der Waals surface area contributed by atoms with E-state index in [0.717, 1.165) is 0 Å². The molecule has 2 aromatic carbocycles. The van der Waals surface area contributed by atoms with Crippen molar-refractivity contribution in [1.82, 2.24) is 0 Å². The molecular formula is C18H18ClN3O5. The molecule has 0 spiro atoms. The summed E-state index contributed by atoms with van der Waals surface area (Å²) in [6.07, 6.45) is 0. The largest absolute Gasteiger partial charge is 0.495 e. The normalized spacial score (nSPS) is 10.0. The van der Waals surface area contributed by atoms with Crippen LogP contribution in [0.3, 0.4) is 0 Å². The van der Waals surface area contributed by atoms with Crippen molar-refractivity contribution in [3.63, 3.8) is 0 Å². The summed E-state index contributed by atoms with van der Waals surface area (Å²) < 4.78 is 10.1. The second-order valence-electron chi connectivity index (χ2n) is 5.46. The van der Waals surface area contributed by atoms with Crippen LogP contribution in [0.25, 0.3) is 0 Å². The molecule has 0 unspecified atom stereocenters. The fourth-order valence-corrected chi connectivity index (χ4v) is 2.28. The lowest BCUT2D eigenvalue weighted by Crippen LogP contribution is -2.21. The Morgan fingerprint density at radius 3 is 2.48 bits per heavy atom. The third-order valence-corrected chi connectivity index (χ3v) is 3.70. The smallest absolute Gasteiger partial charge is 0.338 e. The van der Waals surface area contributed by atoms with Gasteiger partial charge >= 0.3 is 5.97 Å². The van der Waals surface area contributed by atoms with E-state index in [1.807, 2.05) is 0 Å². The Balaban J connectivity index is 2.01. The van der Waals surface area contributed by atoms with Gasteiger partial charge in [-0.3, -0.25) is 9.59 Å². The number of halogens is 1. The topological polar surface area (TPSA) is 120 Å². The van der Waals surface area contributed by atoms with E-state index in [1.165, 1.54) is 38.3 Å². The minimum absolute atomic E-state index is 0.176. The summed E-state index contributed by atoms with van der Waals surface area (Å²) in [5.74, 6) is -1.17. The van der Waals surface area contributed by atoms with Crippen LogP contribution in [-0.4, -0.2) is 31.5 Å². The summed E-state index contributed by atoms with van der Waals surface area (Å²) in [7, 11) is 1.44. The highest BCUT2D eigenvalue weighted by Crippen LogP contribution is 2.28. The van der Waals surface area contributed by atoms with Crippen molar-refractivity contribution in [2.75, 3.05) is 30.1 Å². The lowest BCUT2D eigenvalue weighted by molar-refractivity contribution is -0.119. The van der Waals surface area contributed by atoms with Gasteiger partial charge in [-0.25, -0.2) is 4.79 Å². The summed E-state index contributed by atoms with van der Waals surface area (Å²) in [6, 6.07) is 9.01. The highest BCUT2D eigenvalue weighted by molar-refractivity contribution is 6.33. The van der Waals surface area contributed by atoms with Crippen LogP contribution in [-0.2, 0) is 14.3 Å². The first-order chi connectivity index (χ1) is 12.8. The number of hydrogen-bond donors (Lipinski definition) is 3. The van der Waals surface area contributed by atoms with E-state index >= 15 is 0 Å². The van der Waals surface area contributed by atoms with Gasteiger partial charge in [-0.05, 0) is 36.4 Å². The Bertz CT molecular complexity index is 885. The first kappa shape index (κ1) is 20.1. The number of nitrogens with one attached hydrogen (secondary N) is 2. The maximum Gasteiger partial charge on any atom is 0.338 e. The number of rotatable bonds is 6. The lowest BCUT2D eigenvalue weighted by atomic mass is 10.2. The molecule has 142 valence electrons. The molecule has 9 heteroatoms. The molecule has 2 rings (SSSR count). The zero-order valence-electron chi connectivity index (χ0n) is 14.7. The van der Waals surface area contributed by atoms with Crippen LogP contribution in [0, 0.1) is 0 Å². The molecular weight excluding hydrogens is 374 g/mol. The Morgan fingerprint density at radius 2 is 1.85 bits per heavy atom. The highest BCUT2D eigenvalue weighted by Gasteiger charge is 2.14. The van der Waals surface area contributed by atoms with Crippen molar-refractivity contribution < 1.29 is 23.9 Å². The Labute approximate surface area is 160 Å². The average molecular weight is 392 g/mol. The number of nitrogens with two attached hydrogens (primary N) is 1. The second-order valence-corrected chi connectivity index (χ2v) is 5.86. The lowest BCUT2D eigenvalue weighted by Gasteiger charge is -2.12. The summed E-state index contributed by atoms with van der Waals surface area (Å²) >= 11 is 5.80. The molecule has 8 nitrogen and oxygen atoms in total. The van der Waals surface area contributed by atoms with Crippen LogP contribution in [0.15, 0.2) is 36.4 Å². The molecule has 0 atom stereocenters. The van der Waals surface area contributed by atoms with Crippen LogP contribution < -0.4 is 21.1 Å². The van der Waals surface area contributed by atoms with Crippen LogP contribution in [0.2, 0.25) is 5.02 Å². The van der Waals surface area contributed by atoms with Crippen molar-refractivity contribution in [3.05, 3.63) is 47.0 Å². The van der Waals surface area contributed by atoms with Gasteiger partial charge < -0.3 is 25.8 Å². The molecule has 0 saturated heterocycles. The zero-order valence-corrected chi connectivity index (χ0v) is 15.4. The highest BCUT2D eigenvalue weighted by atomic mass is 35.5. The first-order valence-electron chi connectivity index (χ1n) is 7.77. The molecule has 0 aliphatic carbocycles. The third-order valence-electron chi connectivity index (χ3n) is 3.36. The van der Waals surface area contributed by atoms with Crippen LogP contribution >= 0.6 is 11.6 Å². The summed E-state index contributed by atoms with van der Waals surface area (Å²) in [6.45, 7) is 0.848. The monoisotopic (exact) mass is 391 g/mol. The van der Waals surface area contributed by atoms with Crippen molar-refractivity contribution in [1.29, 1.82) is 0 Å². The van der Waals surface area contributed by atoms with Gasteiger partial charge in [0.2, 0.25) is 5.91 Å². The van der Waals surface area contributed by atoms with E-state index in [9.17, 15) is 14.4 Å². The molecule has 0 aliphatic rings. The van der Waals surface area contributed by atoms with Crippen LogP contribution in [0.1, 0.15) is 17.3 Å². The van der Waals surface area contributed by atoms with Gasteiger partial charge in [-0.2, -0.15) is 0 Å². The Morgan fingerprint density at radius 1 is 1.11 bits per heavy atom. The fourth-order valence-electron chi connectivity index (χ4n) is 2.16. The Hall–Kier alpha value is -3.26. The molecule has 0 saturated carbocycles. The Kier molecular flexibility index (Phi) is 6.62. The van der Waals surface area contributed by atoms with E-state index in [-0.39, 0.29) is 17.2 Å². The summed E-state index contributed by atoms with van der Waals surface area (Å²) in [4.78, 5) is 35.2. The number of carbonyl (C=O) groups is 3. The predicted molar refractivity (Wildman–Crippen MR) is 102 cm³/mol. The number of esters is 1. The SMILES string of the molecule is COc1ccc(NC(C)=O)cc1NC(=O)COC(=O)c1ccc(Cl)c(N)c1. The molecule has 0 bridgehead atoms. The predicted octanol–water partition coefficient (Wildman–Crippen LogP) is 2.68. The van der Waals surface area contributed by atoms with E-state index in [4.69, 9.17) is 26.8 Å². The number of carbonyl (C=O) groups excluding carboxylic acids is 3. The maximum absolute atomic E-state index is 12.1. The van der Waals surface area contributed by atoms with Gasteiger partial charge in [0, 0.05) is 12.6 Å². The van der Waals surface area contributed by atoms with E-state index in [2.05, 4.69) is 10.6 Å². The number of anilines is 3. The minimum Gasteiger partial charge on any atom is -0.495 e. The average Bonchev–Trinajstić information content (AvgIpc) is 2.61. The van der Waals surface area contributed by atoms with Gasteiger partial charge in [-0.1, -0.05) is 11.6 Å².